The van der Waals surface area contributed by atoms with E-state index in [-0.39, 0.29) is 17.9 Å². The first-order valence-electron chi connectivity index (χ1n) is 8.92. The Morgan fingerprint density at radius 3 is 2.50 bits per heavy atom. The first kappa shape index (κ1) is 20.8. The van der Waals surface area contributed by atoms with E-state index in [1.54, 1.807) is 6.20 Å². The van der Waals surface area contributed by atoms with E-state index in [2.05, 4.69) is 24.1 Å². The molecule has 1 aromatic rings. The first-order valence-corrected chi connectivity index (χ1v) is 9.80. The predicted octanol–water partition coefficient (Wildman–Crippen LogP) is 3.48. The van der Waals surface area contributed by atoms with Crippen LogP contribution in [0.2, 0.25) is 0 Å². The van der Waals surface area contributed by atoms with Crippen molar-refractivity contribution >= 4 is 23.3 Å². The molecule has 7 heteroatoms. The molecule has 1 saturated heterocycles. The van der Waals surface area contributed by atoms with Gasteiger partial charge in [0.05, 0.1) is 18.6 Å². The third-order valence-electron chi connectivity index (χ3n) is 4.62. The van der Waals surface area contributed by atoms with Crippen LogP contribution in [0.3, 0.4) is 0 Å². The molecule has 1 aliphatic heterocycles. The van der Waals surface area contributed by atoms with Gasteiger partial charge in [-0.05, 0) is 46.5 Å². The number of esters is 2. The van der Waals surface area contributed by atoms with Crippen molar-refractivity contribution in [2.45, 2.75) is 71.6 Å². The number of hydrogen-bond donors (Lipinski definition) is 1. The van der Waals surface area contributed by atoms with Crippen molar-refractivity contribution in [1.29, 1.82) is 0 Å². The van der Waals surface area contributed by atoms with Gasteiger partial charge in [-0.15, -0.1) is 11.3 Å². The van der Waals surface area contributed by atoms with Gasteiger partial charge in [-0.25, -0.2) is 4.98 Å². The maximum absolute atomic E-state index is 13.2. The molecule has 0 radical (unpaired) electrons. The molecule has 3 atom stereocenters. The van der Waals surface area contributed by atoms with E-state index in [4.69, 9.17) is 9.47 Å². The number of rotatable bonds is 5. The number of ether oxygens (including phenoxy) is 2. The highest BCUT2D eigenvalue weighted by atomic mass is 32.1. The second-order valence-corrected chi connectivity index (χ2v) is 9.64. The first-order chi connectivity index (χ1) is 11.9. The monoisotopic (exact) mass is 382 g/mol. The Kier molecular flexibility index (Phi) is 5.83. The minimum Gasteiger partial charge on any atom is -0.469 e. The van der Waals surface area contributed by atoms with Crippen molar-refractivity contribution in [3.05, 3.63) is 16.6 Å². The minimum atomic E-state index is -0.958. The number of carbonyl (C=O) groups is 2. The standard InChI is InChI=1S/C19H30N2O4S/c1-12(2)10-19(16(23)25-17(3,4)5)11-18(6,15(22)24-7)13(21-19)14-20-8-9-26-14/h8-9,12-13,21H,10-11H2,1-7H3/t13-,18-,19-/m0/s1. The molecule has 0 spiro atoms. The summed E-state index contributed by atoms with van der Waals surface area (Å²) in [5.74, 6) is -0.431. The zero-order valence-corrected chi connectivity index (χ0v) is 17.5. The lowest BCUT2D eigenvalue weighted by atomic mass is 9.76. The van der Waals surface area contributed by atoms with Crippen LogP contribution in [-0.4, -0.2) is 35.2 Å². The molecule has 26 heavy (non-hydrogen) atoms. The summed E-state index contributed by atoms with van der Waals surface area (Å²) in [5.41, 5.74) is -2.47. The van der Waals surface area contributed by atoms with Crippen molar-refractivity contribution in [3.8, 4) is 0 Å². The van der Waals surface area contributed by atoms with Crippen LogP contribution in [0, 0.1) is 11.3 Å². The van der Waals surface area contributed by atoms with Gasteiger partial charge in [-0.3, -0.25) is 14.9 Å². The Morgan fingerprint density at radius 2 is 2.04 bits per heavy atom. The van der Waals surface area contributed by atoms with Crippen molar-refractivity contribution in [2.24, 2.45) is 11.3 Å². The van der Waals surface area contributed by atoms with Gasteiger partial charge >= 0.3 is 11.9 Å². The summed E-state index contributed by atoms with van der Waals surface area (Å²) in [5, 5.41) is 6.08. The zero-order valence-electron chi connectivity index (χ0n) is 16.7. The second kappa shape index (κ2) is 7.27. The molecule has 146 valence electrons. The third kappa shape index (κ3) is 4.09. The third-order valence-corrected chi connectivity index (χ3v) is 5.46. The van der Waals surface area contributed by atoms with E-state index in [9.17, 15) is 9.59 Å². The number of thiazole rings is 1. The van der Waals surface area contributed by atoms with Gasteiger partial charge < -0.3 is 9.47 Å². The van der Waals surface area contributed by atoms with Gasteiger partial charge in [0.25, 0.3) is 0 Å². The summed E-state index contributed by atoms with van der Waals surface area (Å²) in [4.78, 5) is 30.2. The van der Waals surface area contributed by atoms with Gasteiger partial charge in [-0.2, -0.15) is 0 Å². The number of carbonyl (C=O) groups excluding carboxylic acids is 2. The fourth-order valence-electron chi connectivity index (χ4n) is 3.77. The van der Waals surface area contributed by atoms with Gasteiger partial charge in [0.1, 0.15) is 16.1 Å². The quantitative estimate of drug-likeness (QED) is 0.786. The second-order valence-electron chi connectivity index (χ2n) is 8.72. The molecule has 0 unspecified atom stereocenters. The summed E-state index contributed by atoms with van der Waals surface area (Å²) >= 11 is 1.46. The fraction of sp³-hybridized carbons (Fsp3) is 0.737. The van der Waals surface area contributed by atoms with Gasteiger partial charge in [0.15, 0.2) is 0 Å². The molecule has 0 amide bonds. The minimum absolute atomic E-state index is 0.243. The fourth-order valence-corrected chi connectivity index (χ4v) is 4.61. The highest BCUT2D eigenvalue weighted by Gasteiger charge is 2.61. The number of methoxy groups -OCH3 is 1. The Bertz CT molecular complexity index is 653. The van der Waals surface area contributed by atoms with Gasteiger partial charge in [0.2, 0.25) is 0 Å². The Hall–Kier alpha value is -1.47. The molecule has 2 rings (SSSR count). The summed E-state index contributed by atoms with van der Waals surface area (Å²) in [6.07, 6.45) is 2.58. The van der Waals surface area contributed by atoms with E-state index in [1.165, 1.54) is 18.4 Å². The molecule has 1 aromatic heterocycles. The summed E-state index contributed by atoms with van der Waals surface area (Å²) in [7, 11) is 1.38. The average Bonchev–Trinajstić information content (AvgIpc) is 3.11. The lowest BCUT2D eigenvalue weighted by Crippen LogP contribution is -2.52. The molecule has 0 bridgehead atoms. The number of aromatic nitrogens is 1. The normalized spacial score (nSPS) is 29.0. The van der Waals surface area contributed by atoms with E-state index in [0.29, 0.717) is 12.8 Å². The molecular formula is C19H30N2O4S. The molecule has 1 fully saturated rings. The largest absolute Gasteiger partial charge is 0.469 e. The molecule has 0 aromatic carbocycles. The van der Waals surface area contributed by atoms with E-state index < -0.39 is 22.6 Å². The summed E-state index contributed by atoms with van der Waals surface area (Å²) in [6, 6.07) is -0.402. The van der Waals surface area contributed by atoms with E-state index >= 15 is 0 Å². The van der Waals surface area contributed by atoms with Crippen molar-refractivity contribution < 1.29 is 19.1 Å². The molecule has 1 aliphatic rings. The van der Waals surface area contributed by atoms with Crippen LogP contribution in [0.4, 0.5) is 0 Å². The van der Waals surface area contributed by atoms with Crippen molar-refractivity contribution in [3.63, 3.8) is 0 Å². The Morgan fingerprint density at radius 1 is 1.38 bits per heavy atom. The van der Waals surface area contributed by atoms with Crippen LogP contribution in [-0.2, 0) is 19.1 Å². The van der Waals surface area contributed by atoms with E-state index in [1.807, 2.05) is 33.1 Å². The van der Waals surface area contributed by atoms with Crippen molar-refractivity contribution in [1.82, 2.24) is 10.3 Å². The van der Waals surface area contributed by atoms with Crippen molar-refractivity contribution in [2.75, 3.05) is 7.11 Å². The van der Waals surface area contributed by atoms with Crippen LogP contribution in [0.1, 0.15) is 65.4 Å². The molecule has 6 nitrogen and oxygen atoms in total. The lowest BCUT2D eigenvalue weighted by Gasteiger charge is -2.33. The maximum atomic E-state index is 13.2. The molecule has 1 N–H and O–H groups in total. The summed E-state index contributed by atoms with van der Waals surface area (Å²) < 4.78 is 10.8. The van der Waals surface area contributed by atoms with Crippen LogP contribution >= 0.6 is 11.3 Å². The predicted molar refractivity (Wildman–Crippen MR) is 101 cm³/mol. The zero-order chi connectivity index (χ0) is 19.8. The van der Waals surface area contributed by atoms with E-state index in [0.717, 1.165) is 5.01 Å². The van der Waals surface area contributed by atoms with Crippen LogP contribution < -0.4 is 5.32 Å². The lowest BCUT2D eigenvalue weighted by molar-refractivity contribution is -0.164. The van der Waals surface area contributed by atoms with Crippen LogP contribution in [0.5, 0.6) is 0 Å². The number of nitrogens with zero attached hydrogens (tertiary/aromatic N) is 1. The Labute approximate surface area is 159 Å². The molecule has 0 aliphatic carbocycles. The molecule has 0 saturated carbocycles. The molecule has 2 heterocycles. The summed E-state index contributed by atoms with van der Waals surface area (Å²) in [6.45, 7) is 11.5. The SMILES string of the molecule is COC(=O)[C@@]1(C)C[C@@](CC(C)C)(C(=O)OC(C)(C)C)N[C@H]1c1nccs1. The average molecular weight is 383 g/mol. The highest BCUT2D eigenvalue weighted by Crippen LogP contribution is 2.51. The maximum Gasteiger partial charge on any atom is 0.326 e. The molecular weight excluding hydrogens is 352 g/mol. The van der Waals surface area contributed by atoms with Gasteiger partial charge in [0, 0.05) is 11.6 Å². The van der Waals surface area contributed by atoms with Crippen LogP contribution in [0.25, 0.3) is 0 Å². The topological polar surface area (TPSA) is 77.5 Å². The Balaban J connectivity index is 2.49. The highest BCUT2D eigenvalue weighted by molar-refractivity contribution is 7.09. The van der Waals surface area contributed by atoms with Gasteiger partial charge in [-0.1, -0.05) is 13.8 Å². The smallest absolute Gasteiger partial charge is 0.326 e. The number of nitrogens with one attached hydrogen (secondary N) is 1. The van der Waals surface area contributed by atoms with Crippen LogP contribution in [0.15, 0.2) is 11.6 Å². The number of hydrogen-bond acceptors (Lipinski definition) is 7.